The molecule has 0 aliphatic rings. The Labute approximate surface area is 401 Å². The number of esters is 3. The molecule has 6 nitrogen and oxygen atoms in total. The van der Waals surface area contributed by atoms with Crippen LogP contribution in [-0.4, -0.2) is 37.2 Å². The molecule has 6 heteroatoms. The van der Waals surface area contributed by atoms with E-state index in [1.807, 2.05) is 54.7 Å². The summed E-state index contributed by atoms with van der Waals surface area (Å²) in [7, 11) is 0. The molecule has 0 amide bonds. The Kier molecular flexibility index (Phi) is 50.4. The van der Waals surface area contributed by atoms with Crippen LogP contribution in [0.3, 0.4) is 0 Å². The number of ether oxygens (including phenoxy) is 3. The molecule has 0 saturated heterocycles. The van der Waals surface area contributed by atoms with Crippen molar-refractivity contribution < 1.29 is 28.6 Å². The van der Waals surface area contributed by atoms with Crippen molar-refractivity contribution >= 4 is 17.9 Å². The van der Waals surface area contributed by atoms with Crippen LogP contribution in [0.25, 0.3) is 0 Å². The van der Waals surface area contributed by atoms with Gasteiger partial charge in [0.15, 0.2) is 6.10 Å². The lowest BCUT2D eigenvalue weighted by atomic mass is 10.1. The van der Waals surface area contributed by atoms with E-state index in [2.05, 4.69) is 51.2 Å². The van der Waals surface area contributed by atoms with Gasteiger partial charge in [-0.2, -0.15) is 0 Å². The summed E-state index contributed by atoms with van der Waals surface area (Å²) in [6, 6.07) is 0. The lowest BCUT2D eigenvalue weighted by Crippen LogP contribution is -2.30. The summed E-state index contributed by atoms with van der Waals surface area (Å²) in [4.78, 5) is 38.0. The highest BCUT2D eigenvalue weighted by atomic mass is 16.6. The third-order valence-corrected chi connectivity index (χ3v) is 11.5. The topological polar surface area (TPSA) is 78.9 Å². The van der Waals surface area contributed by atoms with Gasteiger partial charge in [-0.3, -0.25) is 14.4 Å². The normalized spacial score (nSPS) is 12.7. The van der Waals surface area contributed by atoms with E-state index in [0.717, 1.165) is 77.0 Å². The fraction of sp³-hybridized carbons (Fsp3) is 0.712. The van der Waals surface area contributed by atoms with Gasteiger partial charge in [0.25, 0.3) is 0 Å². The maximum absolute atomic E-state index is 12.8. The Bertz CT molecular complexity index is 1270. The minimum absolute atomic E-state index is 0.107. The van der Waals surface area contributed by atoms with E-state index in [4.69, 9.17) is 14.2 Å². The van der Waals surface area contributed by atoms with Gasteiger partial charge in [-0.1, -0.05) is 234 Å². The van der Waals surface area contributed by atoms with E-state index in [-0.39, 0.29) is 37.5 Å². The van der Waals surface area contributed by atoms with Crippen molar-refractivity contribution in [2.45, 2.75) is 258 Å². The molecule has 0 aromatic carbocycles. The fourth-order valence-electron chi connectivity index (χ4n) is 7.40. The third kappa shape index (κ3) is 51.4. The first kappa shape index (κ1) is 61.6. The van der Waals surface area contributed by atoms with E-state index < -0.39 is 6.10 Å². The highest BCUT2D eigenvalue weighted by molar-refractivity contribution is 5.71. The summed E-state index contributed by atoms with van der Waals surface area (Å²) in [5.41, 5.74) is 0. The average molecular weight is 905 g/mol. The molecule has 0 fully saturated rings. The minimum atomic E-state index is -0.813. The van der Waals surface area contributed by atoms with Crippen LogP contribution in [-0.2, 0) is 28.6 Å². The lowest BCUT2D eigenvalue weighted by molar-refractivity contribution is -0.167. The first-order chi connectivity index (χ1) is 32.0. The zero-order valence-corrected chi connectivity index (χ0v) is 42.5. The van der Waals surface area contributed by atoms with Crippen LogP contribution in [0.15, 0.2) is 85.1 Å². The summed E-state index contributed by atoms with van der Waals surface area (Å²) in [5, 5.41) is 0. The van der Waals surface area contributed by atoms with E-state index in [9.17, 15) is 14.4 Å². The second-order valence-electron chi connectivity index (χ2n) is 17.9. The SMILES string of the molecule is CC\C=C/C=C\C=C/C=C\C=C/CCCC(=O)OCC(COC(=O)CCCCCCC/C=C\CCCCCCCCCCC)OC(=O)CCCCCCC/C=C\CCCCCCCCC. The predicted molar refractivity (Wildman–Crippen MR) is 279 cm³/mol. The molecule has 0 N–H and O–H groups in total. The van der Waals surface area contributed by atoms with Crippen LogP contribution < -0.4 is 0 Å². The van der Waals surface area contributed by atoms with Gasteiger partial charge in [0.05, 0.1) is 0 Å². The van der Waals surface area contributed by atoms with Crippen LogP contribution in [0.1, 0.15) is 252 Å². The van der Waals surface area contributed by atoms with Crippen LogP contribution in [0.5, 0.6) is 0 Å². The predicted octanol–water partition coefficient (Wildman–Crippen LogP) is 18.0. The molecule has 0 aromatic rings. The van der Waals surface area contributed by atoms with E-state index in [1.165, 1.54) is 128 Å². The first-order valence-electron chi connectivity index (χ1n) is 27.2. The van der Waals surface area contributed by atoms with Gasteiger partial charge in [-0.05, 0) is 83.5 Å². The highest BCUT2D eigenvalue weighted by Gasteiger charge is 2.19. The molecule has 1 atom stereocenters. The zero-order valence-electron chi connectivity index (χ0n) is 42.5. The molecule has 0 aromatic heterocycles. The monoisotopic (exact) mass is 905 g/mol. The van der Waals surface area contributed by atoms with Crippen molar-refractivity contribution in [2.24, 2.45) is 0 Å². The number of rotatable bonds is 48. The molecule has 0 saturated carbocycles. The van der Waals surface area contributed by atoms with E-state index >= 15 is 0 Å². The summed E-state index contributed by atoms with van der Waals surface area (Å²) in [5.74, 6) is -0.998. The Hall–Kier alpha value is -3.41. The van der Waals surface area contributed by atoms with Crippen LogP contribution in [0.4, 0.5) is 0 Å². The van der Waals surface area contributed by atoms with Crippen LogP contribution in [0.2, 0.25) is 0 Å². The van der Waals surface area contributed by atoms with E-state index in [1.54, 1.807) is 0 Å². The average Bonchev–Trinajstić information content (AvgIpc) is 3.30. The molecular weight excluding hydrogens is 805 g/mol. The number of allylic oxidation sites excluding steroid dienone is 14. The third-order valence-electron chi connectivity index (χ3n) is 11.5. The first-order valence-corrected chi connectivity index (χ1v) is 27.2. The Morgan fingerprint density at radius 2 is 0.631 bits per heavy atom. The van der Waals surface area contributed by atoms with Crippen LogP contribution in [0, 0.1) is 0 Å². The largest absolute Gasteiger partial charge is 0.462 e. The number of hydrogen-bond acceptors (Lipinski definition) is 6. The van der Waals surface area contributed by atoms with Gasteiger partial charge in [-0.15, -0.1) is 0 Å². The second kappa shape index (κ2) is 53.2. The maximum Gasteiger partial charge on any atom is 0.306 e. The summed E-state index contributed by atoms with van der Waals surface area (Å²) >= 11 is 0. The van der Waals surface area contributed by atoms with Gasteiger partial charge < -0.3 is 14.2 Å². The molecule has 1 unspecified atom stereocenters. The fourth-order valence-corrected chi connectivity index (χ4v) is 7.40. The van der Waals surface area contributed by atoms with Crippen molar-refractivity contribution in [2.75, 3.05) is 13.2 Å². The maximum atomic E-state index is 12.8. The van der Waals surface area contributed by atoms with Gasteiger partial charge in [0.2, 0.25) is 0 Å². The highest BCUT2D eigenvalue weighted by Crippen LogP contribution is 2.14. The Morgan fingerprint density at radius 3 is 1.03 bits per heavy atom. The van der Waals surface area contributed by atoms with Crippen molar-refractivity contribution in [1.82, 2.24) is 0 Å². The molecule has 0 spiro atoms. The zero-order chi connectivity index (χ0) is 47.2. The van der Waals surface area contributed by atoms with Crippen molar-refractivity contribution in [3.05, 3.63) is 85.1 Å². The van der Waals surface area contributed by atoms with E-state index in [0.29, 0.717) is 19.3 Å². The Balaban J connectivity index is 4.47. The number of unbranched alkanes of at least 4 members (excludes halogenated alkanes) is 27. The standard InChI is InChI=1S/C59H100O6/c1-4-7-10-13-16-19-22-25-27-29-30-32-34-37-40-43-46-49-52-58(61)64-55-56(54-63-57(60)51-48-45-42-39-36-33-24-21-18-15-12-9-6-3)65-59(62)53-50-47-44-41-38-35-31-28-26-23-20-17-14-11-8-5-2/h9,12,15,18,21,24,28,30-33,36,39,42,56H,4-8,10-11,13-14,16-17,19-20,22-23,25-27,29,34-35,37-38,40-41,43-55H2,1-3H3/b12-9-,18-15-,24-21-,31-28-,32-30-,36-33-,42-39-. The number of hydrogen-bond donors (Lipinski definition) is 0. The molecule has 0 bridgehead atoms. The van der Waals surface area contributed by atoms with Gasteiger partial charge >= 0.3 is 17.9 Å². The Morgan fingerprint density at radius 1 is 0.323 bits per heavy atom. The molecule has 0 rings (SSSR count). The second-order valence-corrected chi connectivity index (χ2v) is 17.9. The quantitative estimate of drug-likeness (QED) is 0.0199. The molecule has 372 valence electrons. The van der Waals surface area contributed by atoms with Gasteiger partial charge in [-0.25, -0.2) is 0 Å². The lowest BCUT2D eigenvalue weighted by Gasteiger charge is -2.18. The molecule has 0 radical (unpaired) electrons. The summed E-state index contributed by atoms with van der Waals surface area (Å²) in [6.07, 6.45) is 68.7. The smallest absolute Gasteiger partial charge is 0.306 e. The van der Waals surface area contributed by atoms with Crippen molar-refractivity contribution in [3.63, 3.8) is 0 Å². The number of carbonyl (C=O) groups is 3. The number of carbonyl (C=O) groups excluding carboxylic acids is 3. The summed E-state index contributed by atoms with van der Waals surface area (Å²) < 4.78 is 16.7. The molecule has 0 aliphatic heterocycles. The van der Waals surface area contributed by atoms with Crippen LogP contribution >= 0.6 is 0 Å². The van der Waals surface area contributed by atoms with Gasteiger partial charge in [0, 0.05) is 19.3 Å². The minimum Gasteiger partial charge on any atom is -0.462 e. The molecule has 65 heavy (non-hydrogen) atoms. The molecule has 0 heterocycles. The molecule has 0 aliphatic carbocycles. The molecular formula is C59H100O6. The van der Waals surface area contributed by atoms with Crippen molar-refractivity contribution in [1.29, 1.82) is 0 Å². The summed E-state index contributed by atoms with van der Waals surface area (Å²) in [6.45, 7) is 6.42. The van der Waals surface area contributed by atoms with Crippen molar-refractivity contribution in [3.8, 4) is 0 Å². The van der Waals surface area contributed by atoms with Gasteiger partial charge in [0.1, 0.15) is 13.2 Å².